The summed E-state index contributed by atoms with van der Waals surface area (Å²) < 4.78 is 4.67. The Morgan fingerprint density at radius 3 is 2.75 bits per heavy atom. The summed E-state index contributed by atoms with van der Waals surface area (Å²) in [7, 11) is 0. The van der Waals surface area contributed by atoms with Gasteiger partial charge in [-0.2, -0.15) is 0 Å². The van der Waals surface area contributed by atoms with Gasteiger partial charge in [0.1, 0.15) is 12.2 Å². The number of carbonyl (C=O) groups is 1. The highest BCUT2D eigenvalue weighted by Gasteiger charge is 2.56. The van der Waals surface area contributed by atoms with Gasteiger partial charge in [-0.15, -0.1) is 0 Å². The molecule has 1 aliphatic heterocycles. The number of hydrogen-bond acceptors (Lipinski definition) is 5. The second-order valence-electron chi connectivity index (χ2n) is 3.44. The molecule has 2 bridgehead atoms. The Bertz CT molecular complexity index is 228. The van der Waals surface area contributed by atoms with Crippen molar-refractivity contribution in [1.29, 1.82) is 0 Å². The van der Waals surface area contributed by atoms with Crippen LogP contribution >= 0.6 is 0 Å². The first-order chi connectivity index (χ1) is 5.53. The molecule has 0 unspecified atom stereocenters. The van der Waals surface area contributed by atoms with E-state index in [0.717, 1.165) is 0 Å². The van der Waals surface area contributed by atoms with Crippen LogP contribution in [0.5, 0.6) is 0 Å². The Labute approximate surface area is 68.6 Å². The maximum Gasteiger partial charge on any atom is 0.338 e. The van der Waals surface area contributed by atoms with E-state index in [4.69, 9.17) is 0 Å². The molecular formula is C7H10O5. The molecule has 1 saturated heterocycles. The van der Waals surface area contributed by atoms with Crippen molar-refractivity contribution >= 4 is 5.97 Å². The Morgan fingerprint density at radius 2 is 2.08 bits per heavy atom. The van der Waals surface area contributed by atoms with Crippen molar-refractivity contribution in [1.82, 2.24) is 0 Å². The molecule has 0 aromatic rings. The van der Waals surface area contributed by atoms with Crippen molar-refractivity contribution < 1.29 is 24.9 Å². The summed E-state index contributed by atoms with van der Waals surface area (Å²) in [5, 5.41) is 28.0. The number of rotatable bonds is 0. The Hall–Kier alpha value is -0.650. The summed E-state index contributed by atoms with van der Waals surface area (Å²) in [4.78, 5) is 11.0. The van der Waals surface area contributed by atoms with Gasteiger partial charge in [-0.05, 0) is 0 Å². The normalized spacial score (nSPS) is 52.2. The third-order valence-corrected chi connectivity index (χ3v) is 2.50. The van der Waals surface area contributed by atoms with E-state index in [9.17, 15) is 20.1 Å². The van der Waals surface area contributed by atoms with Crippen molar-refractivity contribution in [2.45, 2.75) is 36.8 Å². The molecule has 5 heteroatoms. The van der Waals surface area contributed by atoms with Gasteiger partial charge in [0.2, 0.25) is 0 Å². The molecule has 4 atom stereocenters. The molecule has 1 aliphatic carbocycles. The lowest BCUT2D eigenvalue weighted by molar-refractivity contribution is -0.154. The van der Waals surface area contributed by atoms with Gasteiger partial charge in [-0.25, -0.2) is 4.79 Å². The predicted octanol–water partition coefficient (Wildman–Crippen LogP) is -1.84. The van der Waals surface area contributed by atoms with Crippen molar-refractivity contribution in [3.05, 3.63) is 0 Å². The number of carbonyl (C=O) groups excluding carboxylic acids is 1. The molecule has 12 heavy (non-hydrogen) atoms. The smallest absolute Gasteiger partial charge is 0.338 e. The van der Waals surface area contributed by atoms with Gasteiger partial charge >= 0.3 is 5.97 Å². The fraction of sp³-hybridized carbons (Fsp3) is 0.857. The molecule has 2 rings (SSSR count). The topological polar surface area (TPSA) is 87.0 Å². The number of ether oxygens (including phenoxy) is 1. The SMILES string of the molecule is O=C1O[C@H]2C[C@@]1(O)C[C@@H](O)[C@@H]2O. The first-order valence-electron chi connectivity index (χ1n) is 3.82. The molecule has 0 aromatic heterocycles. The molecular weight excluding hydrogens is 164 g/mol. The minimum absolute atomic E-state index is 0.0874. The first kappa shape index (κ1) is 7.97. The number of aliphatic hydroxyl groups excluding tert-OH is 2. The van der Waals surface area contributed by atoms with Crippen LogP contribution in [0.1, 0.15) is 12.8 Å². The molecule has 1 heterocycles. The fourth-order valence-corrected chi connectivity index (χ4v) is 1.78. The van der Waals surface area contributed by atoms with Crippen LogP contribution in [-0.2, 0) is 9.53 Å². The van der Waals surface area contributed by atoms with Crippen molar-refractivity contribution in [2.24, 2.45) is 0 Å². The van der Waals surface area contributed by atoms with E-state index in [1.54, 1.807) is 0 Å². The second-order valence-corrected chi connectivity index (χ2v) is 3.44. The van der Waals surface area contributed by atoms with Gasteiger partial charge in [-0.3, -0.25) is 0 Å². The summed E-state index contributed by atoms with van der Waals surface area (Å²) in [6.45, 7) is 0. The lowest BCUT2D eigenvalue weighted by Crippen LogP contribution is -2.48. The van der Waals surface area contributed by atoms with Crippen LogP contribution in [0.15, 0.2) is 0 Å². The maximum absolute atomic E-state index is 11.0. The summed E-state index contributed by atoms with van der Waals surface area (Å²) in [5.41, 5.74) is -1.57. The zero-order chi connectivity index (χ0) is 8.93. The summed E-state index contributed by atoms with van der Waals surface area (Å²) in [6, 6.07) is 0. The molecule has 0 amide bonds. The molecule has 2 aliphatic rings. The van der Waals surface area contributed by atoms with E-state index >= 15 is 0 Å². The number of aliphatic hydroxyl groups is 3. The molecule has 0 spiro atoms. The average Bonchev–Trinajstić information content (AvgIpc) is 2.22. The number of hydrogen-bond donors (Lipinski definition) is 3. The highest BCUT2D eigenvalue weighted by molar-refractivity contribution is 5.82. The lowest BCUT2D eigenvalue weighted by atomic mass is 9.82. The van der Waals surface area contributed by atoms with E-state index in [-0.39, 0.29) is 12.8 Å². The minimum Gasteiger partial charge on any atom is -0.457 e. The Morgan fingerprint density at radius 1 is 1.42 bits per heavy atom. The molecule has 5 nitrogen and oxygen atoms in total. The molecule has 0 radical (unpaired) electrons. The first-order valence-corrected chi connectivity index (χ1v) is 3.82. The van der Waals surface area contributed by atoms with Gasteiger partial charge in [0.25, 0.3) is 0 Å². The molecule has 0 aromatic carbocycles. The van der Waals surface area contributed by atoms with Gasteiger partial charge in [0.05, 0.1) is 6.10 Å². The third kappa shape index (κ3) is 0.872. The van der Waals surface area contributed by atoms with E-state index < -0.39 is 29.9 Å². The summed E-state index contributed by atoms with van der Waals surface area (Å²) in [5.74, 6) is -0.733. The number of esters is 1. The van der Waals surface area contributed by atoms with Gasteiger partial charge in [-0.1, -0.05) is 0 Å². The molecule has 68 valence electrons. The maximum atomic E-state index is 11.0. The fourth-order valence-electron chi connectivity index (χ4n) is 1.78. The van der Waals surface area contributed by atoms with E-state index in [2.05, 4.69) is 4.74 Å². The largest absolute Gasteiger partial charge is 0.457 e. The van der Waals surface area contributed by atoms with E-state index in [1.165, 1.54) is 0 Å². The van der Waals surface area contributed by atoms with Crippen LogP contribution < -0.4 is 0 Å². The zero-order valence-electron chi connectivity index (χ0n) is 6.30. The van der Waals surface area contributed by atoms with Crippen molar-refractivity contribution in [2.75, 3.05) is 0 Å². The van der Waals surface area contributed by atoms with Gasteiger partial charge in [0, 0.05) is 12.8 Å². The Balaban J connectivity index is 2.28. The monoisotopic (exact) mass is 174 g/mol. The zero-order valence-corrected chi connectivity index (χ0v) is 6.30. The minimum atomic E-state index is -1.57. The standard InChI is InChI=1S/C7H10O5/c8-3-1-7(11)2-4(5(3)9)12-6(7)10/h3-5,8-9,11H,1-2H2/t3-,4+,5+,7+/m1/s1. The summed E-state index contributed by atoms with van der Waals surface area (Å²) in [6.07, 6.45) is -2.92. The lowest BCUT2D eigenvalue weighted by Gasteiger charge is -2.30. The predicted molar refractivity (Wildman–Crippen MR) is 36.1 cm³/mol. The number of fused-ring (bicyclic) bond motifs is 2. The van der Waals surface area contributed by atoms with Crippen LogP contribution in [0.4, 0.5) is 0 Å². The van der Waals surface area contributed by atoms with Crippen LogP contribution in [0.25, 0.3) is 0 Å². The molecule has 1 saturated carbocycles. The van der Waals surface area contributed by atoms with Crippen LogP contribution in [-0.4, -0.2) is 45.2 Å². The Kier molecular flexibility index (Phi) is 1.45. The highest BCUT2D eigenvalue weighted by Crippen LogP contribution is 2.37. The van der Waals surface area contributed by atoms with Crippen molar-refractivity contribution in [3.63, 3.8) is 0 Å². The van der Waals surface area contributed by atoms with Crippen LogP contribution in [0.3, 0.4) is 0 Å². The van der Waals surface area contributed by atoms with Crippen molar-refractivity contribution in [3.8, 4) is 0 Å². The third-order valence-electron chi connectivity index (χ3n) is 2.50. The molecule has 3 N–H and O–H groups in total. The van der Waals surface area contributed by atoms with Crippen LogP contribution in [0.2, 0.25) is 0 Å². The van der Waals surface area contributed by atoms with E-state index in [1.807, 2.05) is 0 Å². The van der Waals surface area contributed by atoms with Crippen LogP contribution in [0, 0.1) is 0 Å². The van der Waals surface area contributed by atoms with Gasteiger partial charge in [0.15, 0.2) is 5.60 Å². The summed E-state index contributed by atoms with van der Waals surface area (Å²) >= 11 is 0. The molecule has 2 fully saturated rings. The highest BCUT2D eigenvalue weighted by atomic mass is 16.6. The van der Waals surface area contributed by atoms with Gasteiger partial charge < -0.3 is 20.1 Å². The second kappa shape index (κ2) is 2.18. The van der Waals surface area contributed by atoms with E-state index in [0.29, 0.717) is 0 Å². The average molecular weight is 174 g/mol. The quantitative estimate of drug-likeness (QED) is 0.375.